The molecule has 70 valence electrons. The van der Waals surface area contributed by atoms with Crippen LogP contribution < -0.4 is 0 Å². The molecule has 0 amide bonds. The van der Waals surface area contributed by atoms with Gasteiger partial charge in [-0.3, -0.25) is 0 Å². The number of hydrogen-bond acceptors (Lipinski definition) is 3. The van der Waals surface area contributed by atoms with E-state index in [0.29, 0.717) is 6.42 Å². The topological polar surface area (TPSA) is 23.8 Å². The van der Waals surface area contributed by atoms with Gasteiger partial charge in [0.1, 0.15) is 0 Å². The standard InChI is InChI=1S/C11H9NS2/c1-7-6-14-11-8(4-5-12)2-3-9(13)10(7)11/h2-3,6,13H,4H2,1H3. The van der Waals surface area contributed by atoms with E-state index in [2.05, 4.69) is 31.0 Å². The smallest absolute Gasteiger partial charge is 0.0670 e. The van der Waals surface area contributed by atoms with E-state index in [9.17, 15) is 0 Å². The van der Waals surface area contributed by atoms with E-state index in [0.717, 1.165) is 10.5 Å². The predicted octanol–water partition coefficient (Wildman–Crippen LogP) is 3.56. The monoisotopic (exact) mass is 219 g/mol. The number of thiol groups is 1. The van der Waals surface area contributed by atoms with Crippen LogP contribution in [0.5, 0.6) is 0 Å². The van der Waals surface area contributed by atoms with Gasteiger partial charge in [-0.25, -0.2) is 0 Å². The molecule has 0 saturated carbocycles. The first-order chi connectivity index (χ1) is 6.74. The van der Waals surface area contributed by atoms with Crippen molar-refractivity contribution >= 4 is 34.1 Å². The van der Waals surface area contributed by atoms with Crippen LogP contribution in [0.4, 0.5) is 0 Å². The van der Waals surface area contributed by atoms with Gasteiger partial charge >= 0.3 is 0 Å². The molecule has 0 saturated heterocycles. The summed E-state index contributed by atoms with van der Waals surface area (Å²) in [5, 5.41) is 12.0. The van der Waals surface area contributed by atoms with E-state index in [-0.39, 0.29) is 0 Å². The molecule has 0 atom stereocenters. The minimum atomic E-state index is 0.477. The second-order valence-electron chi connectivity index (χ2n) is 3.20. The first-order valence-electron chi connectivity index (χ1n) is 4.29. The van der Waals surface area contributed by atoms with Gasteiger partial charge in [-0.1, -0.05) is 6.07 Å². The predicted molar refractivity (Wildman–Crippen MR) is 63.1 cm³/mol. The van der Waals surface area contributed by atoms with Crippen LogP contribution in [0.25, 0.3) is 10.1 Å². The third-order valence-corrected chi connectivity index (χ3v) is 3.78. The first-order valence-corrected chi connectivity index (χ1v) is 5.62. The maximum Gasteiger partial charge on any atom is 0.0670 e. The number of hydrogen-bond donors (Lipinski definition) is 1. The summed E-state index contributed by atoms with van der Waals surface area (Å²) in [6.45, 7) is 2.08. The molecule has 14 heavy (non-hydrogen) atoms. The highest BCUT2D eigenvalue weighted by atomic mass is 32.1. The Bertz CT molecular complexity index is 520. The normalized spacial score (nSPS) is 10.4. The molecule has 1 nitrogen and oxygen atoms in total. The average Bonchev–Trinajstić information content (AvgIpc) is 2.54. The second-order valence-corrected chi connectivity index (χ2v) is 4.56. The largest absolute Gasteiger partial charge is 0.198 e. The molecule has 2 rings (SSSR count). The van der Waals surface area contributed by atoms with Crippen molar-refractivity contribution in [1.29, 1.82) is 5.26 Å². The van der Waals surface area contributed by atoms with Gasteiger partial charge in [0, 0.05) is 15.0 Å². The van der Waals surface area contributed by atoms with Crippen LogP contribution in [0.15, 0.2) is 22.4 Å². The fourth-order valence-electron chi connectivity index (χ4n) is 1.56. The van der Waals surface area contributed by atoms with Crippen LogP contribution in [0.1, 0.15) is 11.1 Å². The van der Waals surface area contributed by atoms with Gasteiger partial charge in [-0.05, 0) is 29.5 Å². The Kier molecular flexibility index (Phi) is 2.49. The summed E-state index contributed by atoms with van der Waals surface area (Å²) >= 11 is 6.12. The quantitative estimate of drug-likeness (QED) is 0.728. The number of thiophene rings is 1. The van der Waals surface area contributed by atoms with Gasteiger partial charge in [0.2, 0.25) is 0 Å². The van der Waals surface area contributed by atoms with Crippen LogP contribution in [-0.4, -0.2) is 0 Å². The van der Waals surface area contributed by atoms with E-state index in [1.54, 1.807) is 11.3 Å². The van der Waals surface area contributed by atoms with Crippen molar-refractivity contribution < 1.29 is 0 Å². The fourth-order valence-corrected chi connectivity index (χ4v) is 3.09. The van der Waals surface area contributed by atoms with Gasteiger partial charge in [-0.2, -0.15) is 5.26 Å². The molecule has 0 fully saturated rings. The third-order valence-electron chi connectivity index (χ3n) is 2.23. The lowest BCUT2D eigenvalue weighted by atomic mass is 10.1. The molecule has 1 aromatic heterocycles. The number of nitrogens with zero attached hydrogens (tertiary/aromatic N) is 1. The van der Waals surface area contributed by atoms with Crippen LogP contribution in [0.2, 0.25) is 0 Å². The SMILES string of the molecule is Cc1csc2c(CC#N)ccc(S)c12. The maximum absolute atomic E-state index is 8.69. The maximum atomic E-state index is 8.69. The minimum Gasteiger partial charge on any atom is -0.198 e. The molecule has 0 radical (unpaired) electrons. The van der Waals surface area contributed by atoms with E-state index in [1.165, 1.54) is 15.6 Å². The molecule has 0 bridgehead atoms. The number of aryl methyl sites for hydroxylation is 1. The van der Waals surface area contributed by atoms with Crippen molar-refractivity contribution in [3.05, 3.63) is 28.6 Å². The van der Waals surface area contributed by atoms with Gasteiger partial charge in [0.05, 0.1) is 12.5 Å². The molecule has 1 heterocycles. The summed E-state index contributed by atoms with van der Waals surface area (Å²) < 4.78 is 1.21. The lowest BCUT2D eigenvalue weighted by Gasteiger charge is -2.01. The van der Waals surface area contributed by atoms with E-state index < -0.39 is 0 Å². The Labute approximate surface area is 92.4 Å². The second kappa shape index (κ2) is 3.64. The van der Waals surface area contributed by atoms with Gasteiger partial charge < -0.3 is 0 Å². The molecular weight excluding hydrogens is 210 g/mol. The van der Waals surface area contributed by atoms with Crippen molar-refractivity contribution in [1.82, 2.24) is 0 Å². The van der Waals surface area contributed by atoms with Crippen LogP contribution in [0.3, 0.4) is 0 Å². The number of fused-ring (bicyclic) bond motifs is 1. The molecule has 0 aliphatic carbocycles. The lowest BCUT2D eigenvalue weighted by molar-refractivity contribution is 1.28. The van der Waals surface area contributed by atoms with E-state index >= 15 is 0 Å². The van der Waals surface area contributed by atoms with Crippen molar-refractivity contribution in [3.63, 3.8) is 0 Å². The van der Waals surface area contributed by atoms with E-state index in [4.69, 9.17) is 5.26 Å². The first kappa shape index (κ1) is 9.57. The summed E-state index contributed by atoms with van der Waals surface area (Å²) in [5.74, 6) is 0. The Morgan fingerprint density at radius 3 is 3.00 bits per heavy atom. The van der Waals surface area contributed by atoms with Gasteiger partial charge in [0.15, 0.2) is 0 Å². The lowest BCUT2D eigenvalue weighted by Crippen LogP contribution is -1.82. The molecule has 2 aromatic rings. The summed E-state index contributed by atoms with van der Waals surface area (Å²) in [4.78, 5) is 1.00. The number of benzene rings is 1. The van der Waals surface area contributed by atoms with Crippen molar-refractivity contribution in [2.45, 2.75) is 18.2 Å². The van der Waals surface area contributed by atoms with Crippen LogP contribution in [-0.2, 0) is 6.42 Å². The molecule has 0 spiro atoms. The van der Waals surface area contributed by atoms with Crippen molar-refractivity contribution in [3.8, 4) is 6.07 Å². The summed E-state index contributed by atoms with van der Waals surface area (Å²) in [5.41, 5.74) is 2.35. The minimum absolute atomic E-state index is 0.477. The zero-order chi connectivity index (χ0) is 10.1. The van der Waals surface area contributed by atoms with E-state index in [1.807, 2.05) is 12.1 Å². The fraction of sp³-hybridized carbons (Fsp3) is 0.182. The highest BCUT2D eigenvalue weighted by molar-refractivity contribution is 7.80. The molecule has 1 aromatic carbocycles. The summed E-state index contributed by atoms with van der Waals surface area (Å²) in [7, 11) is 0. The zero-order valence-corrected chi connectivity index (χ0v) is 9.45. The Balaban J connectivity index is 2.78. The highest BCUT2D eigenvalue weighted by Gasteiger charge is 2.07. The Morgan fingerprint density at radius 1 is 1.50 bits per heavy atom. The zero-order valence-electron chi connectivity index (χ0n) is 7.74. The Morgan fingerprint density at radius 2 is 2.29 bits per heavy atom. The number of nitriles is 1. The van der Waals surface area contributed by atoms with Crippen LogP contribution >= 0.6 is 24.0 Å². The van der Waals surface area contributed by atoms with Crippen molar-refractivity contribution in [2.75, 3.05) is 0 Å². The molecular formula is C11H9NS2. The average molecular weight is 219 g/mol. The van der Waals surface area contributed by atoms with Crippen molar-refractivity contribution in [2.24, 2.45) is 0 Å². The Hall–Kier alpha value is -0.980. The molecule has 0 aliphatic heterocycles. The molecule has 3 heteroatoms. The van der Waals surface area contributed by atoms with Gasteiger partial charge in [0.25, 0.3) is 0 Å². The molecule has 0 aliphatic rings. The summed E-state index contributed by atoms with van der Waals surface area (Å²) in [6.07, 6.45) is 0.477. The number of rotatable bonds is 1. The van der Waals surface area contributed by atoms with Crippen LogP contribution in [0, 0.1) is 18.3 Å². The molecule has 0 unspecified atom stereocenters. The van der Waals surface area contributed by atoms with Gasteiger partial charge in [-0.15, -0.1) is 24.0 Å². The highest BCUT2D eigenvalue weighted by Crippen LogP contribution is 2.33. The molecule has 0 N–H and O–H groups in total. The third kappa shape index (κ3) is 1.41. The summed E-state index contributed by atoms with van der Waals surface area (Å²) in [6, 6.07) is 6.15.